The van der Waals surface area contributed by atoms with Gasteiger partial charge in [-0.15, -0.1) is 0 Å². The third-order valence-corrected chi connectivity index (χ3v) is 2.20. The van der Waals surface area contributed by atoms with Gasteiger partial charge in [0, 0.05) is 11.5 Å². The molecular weight excluding hydrogens is 207 g/mol. The van der Waals surface area contributed by atoms with Crippen molar-refractivity contribution in [2.24, 2.45) is 5.92 Å². The van der Waals surface area contributed by atoms with E-state index in [-0.39, 0.29) is 24.1 Å². The van der Waals surface area contributed by atoms with Crippen LogP contribution in [0.15, 0.2) is 30.8 Å². The van der Waals surface area contributed by atoms with E-state index >= 15 is 0 Å². The first-order valence-corrected chi connectivity index (χ1v) is 5.11. The molecule has 0 amide bonds. The monoisotopic (exact) mass is 222 g/mol. The van der Waals surface area contributed by atoms with Gasteiger partial charge in [-0.2, -0.15) is 0 Å². The second kappa shape index (κ2) is 5.45. The van der Waals surface area contributed by atoms with Crippen molar-refractivity contribution < 1.29 is 13.9 Å². The van der Waals surface area contributed by atoms with Gasteiger partial charge in [-0.05, 0) is 24.3 Å². The molecule has 2 nitrogen and oxygen atoms in total. The molecule has 0 bridgehead atoms. The predicted molar refractivity (Wildman–Crippen MR) is 61.2 cm³/mol. The minimum Gasteiger partial charge on any atom is -0.486 e. The molecule has 1 aromatic carbocycles. The number of ether oxygens (including phenoxy) is 1. The largest absolute Gasteiger partial charge is 0.486 e. The van der Waals surface area contributed by atoms with Crippen LogP contribution in [0.3, 0.4) is 0 Å². The first-order valence-electron chi connectivity index (χ1n) is 5.11. The third kappa shape index (κ3) is 3.50. The predicted octanol–water partition coefficient (Wildman–Crippen LogP) is 3.04. The molecule has 0 aliphatic heterocycles. The second-order valence-corrected chi connectivity index (χ2v) is 3.84. The fraction of sp³-hybridized carbons (Fsp3) is 0.308. The lowest BCUT2D eigenvalue weighted by Gasteiger charge is -2.09. The average molecular weight is 222 g/mol. The Morgan fingerprint density at radius 2 is 1.94 bits per heavy atom. The highest BCUT2D eigenvalue weighted by Gasteiger charge is 2.09. The summed E-state index contributed by atoms with van der Waals surface area (Å²) in [5.74, 6) is 0.0353. The molecule has 16 heavy (non-hydrogen) atoms. The highest BCUT2D eigenvalue weighted by Crippen LogP contribution is 2.14. The zero-order chi connectivity index (χ0) is 12.1. The van der Waals surface area contributed by atoms with Gasteiger partial charge in [-0.1, -0.05) is 20.4 Å². The van der Waals surface area contributed by atoms with Gasteiger partial charge in [-0.25, -0.2) is 4.39 Å². The van der Waals surface area contributed by atoms with E-state index in [4.69, 9.17) is 4.74 Å². The van der Waals surface area contributed by atoms with E-state index in [1.807, 2.05) is 13.8 Å². The van der Waals surface area contributed by atoms with Crippen molar-refractivity contribution >= 4 is 11.5 Å². The van der Waals surface area contributed by atoms with Crippen LogP contribution in [0.5, 0.6) is 0 Å². The van der Waals surface area contributed by atoms with Crippen LogP contribution < -0.4 is 0 Å². The van der Waals surface area contributed by atoms with Gasteiger partial charge in [0.05, 0.1) is 0 Å². The lowest BCUT2D eigenvalue weighted by Crippen LogP contribution is -2.14. The van der Waals surface area contributed by atoms with E-state index in [0.29, 0.717) is 11.3 Å². The summed E-state index contributed by atoms with van der Waals surface area (Å²) in [7, 11) is 0. The van der Waals surface area contributed by atoms with Crippen molar-refractivity contribution in [2.75, 3.05) is 6.61 Å². The van der Waals surface area contributed by atoms with Crippen molar-refractivity contribution in [2.45, 2.75) is 13.8 Å². The number of hydrogen-bond donors (Lipinski definition) is 0. The maximum atomic E-state index is 12.6. The van der Waals surface area contributed by atoms with Gasteiger partial charge in [-0.3, -0.25) is 4.79 Å². The Balaban J connectivity index is 2.53. The summed E-state index contributed by atoms with van der Waals surface area (Å²) in [5, 5.41) is 0. The van der Waals surface area contributed by atoms with Crippen molar-refractivity contribution in [3.63, 3.8) is 0 Å². The Bertz CT molecular complexity index is 379. The molecule has 3 heteroatoms. The summed E-state index contributed by atoms with van der Waals surface area (Å²) in [4.78, 5) is 11.3. The van der Waals surface area contributed by atoms with Crippen LogP contribution in [-0.2, 0) is 9.53 Å². The summed E-state index contributed by atoms with van der Waals surface area (Å²) < 4.78 is 17.9. The van der Waals surface area contributed by atoms with Crippen LogP contribution in [0.1, 0.15) is 19.4 Å². The van der Waals surface area contributed by atoms with Crippen molar-refractivity contribution in [1.82, 2.24) is 0 Å². The highest BCUT2D eigenvalue weighted by atomic mass is 19.1. The first kappa shape index (κ1) is 12.4. The summed E-state index contributed by atoms with van der Waals surface area (Å²) in [6, 6.07) is 5.79. The highest BCUT2D eigenvalue weighted by molar-refractivity contribution is 5.82. The number of carbonyl (C=O) groups excluding carboxylic acids is 1. The van der Waals surface area contributed by atoms with Crippen LogP contribution >= 0.6 is 0 Å². The molecule has 0 fully saturated rings. The molecule has 0 aliphatic carbocycles. The van der Waals surface area contributed by atoms with E-state index in [2.05, 4.69) is 6.58 Å². The van der Waals surface area contributed by atoms with Crippen LogP contribution in [0, 0.1) is 11.7 Å². The molecule has 1 rings (SSSR count). The number of rotatable bonds is 5. The molecule has 0 atom stereocenters. The van der Waals surface area contributed by atoms with E-state index in [1.54, 1.807) is 12.1 Å². The van der Waals surface area contributed by atoms with Gasteiger partial charge < -0.3 is 4.74 Å². The zero-order valence-corrected chi connectivity index (χ0v) is 9.50. The molecule has 86 valence electrons. The lowest BCUT2D eigenvalue weighted by atomic mass is 10.1. The minimum atomic E-state index is -0.310. The number of carbonyl (C=O) groups is 1. The fourth-order valence-corrected chi connectivity index (χ4v) is 1.04. The van der Waals surface area contributed by atoms with Crippen molar-refractivity contribution in [3.05, 3.63) is 42.2 Å². The molecule has 0 spiro atoms. The van der Waals surface area contributed by atoms with Crippen LogP contribution in [0.25, 0.3) is 5.76 Å². The fourth-order valence-electron chi connectivity index (χ4n) is 1.04. The van der Waals surface area contributed by atoms with Gasteiger partial charge in [0.15, 0.2) is 5.78 Å². The summed E-state index contributed by atoms with van der Waals surface area (Å²) in [6.45, 7) is 7.32. The van der Waals surface area contributed by atoms with E-state index in [0.717, 1.165) is 0 Å². The average Bonchev–Trinajstić information content (AvgIpc) is 2.26. The normalized spacial score (nSPS) is 10.2. The topological polar surface area (TPSA) is 26.3 Å². The molecule has 0 radical (unpaired) electrons. The van der Waals surface area contributed by atoms with E-state index < -0.39 is 0 Å². The molecule has 0 heterocycles. The summed E-state index contributed by atoms with van der Waals surface area (Å²) in [6.07, 6.45) is 0. The van der Waals surface area contributed by atoms with E-state index in [1.165, 1.54) is 12.1 Å². The Labute approximate surface area is 94.7 Å². The van der Waals surface area contributed by atoms with Crippen LogP contribution in [0.4, 0.5) is 4.39 Å². The molecule has 0 saturated heterocycles. The quantitative estimate of drug-likeness (QED) is 0.716. The number of benzene rings is 1. The van der Waals surface area contributed by atoms with E-state index in [9.17, 15) is 9.18 Å². The second-order valence-electron chi connectivity index (χ2n) is 3.84. The van der Waals surface area contributed by atoms with Gasteiger partial charge in [0.25, 0.3) is 0 Å². The molecule has 0 aliphatic rings. The summed E-state index contributed by atoms with van der Waals surface area (Å²) >= 11 is 0. The smallest absolute Gasteiger partial charge is 0.172 e. The molecule has 0 aromatic heterocycles. The first-order chi connectivity index (χ1) is 7.50. The number of hydrogen-bond acceptors (Lipinski definition) is 2. The Morgan fingerprint density at radius 3 is 2.44 bits per heavy atom. The molecule has 0 unspecified atom stereocenters. The third-order valence-electron chi connectivity index (χ3n) is 2.20. The van der Waals surface area contributed by atoms with Crippen LogP contribution in [0.2, 0.25) is 0 Å². The number of Topliss-reactive ketones (excluding diaryl/α,β-unsaturated/α-hetero) is 1. The van der Waals surface area contributed by atoms with Crippen LogP contribution in [-0.4, -0.2) is 12.4 Å². The lowest BCUT2D eigenvalue weighted by molar-refractivity contribution is -0.124. The van der Waals surface area contributed by atoms with Gasteiger partial charge in [0.2, 0.25) is 0 Å². The maximum Gasteiger partial charge on any atom is 0.172 e. The van der Waals surface area contributed by atoms with Crippen molar-refractivity contribution in [3.8, 4) is 0 Å². The van der Waals surface area contributed by atoms with Gasteiger partial charge >= 0.3 is 0 Å². The molecule has 0 saturated carbocycles. The van der Waals surface area contributed by atoms with Crippen molar-refractivity contribution in [1.29, 1.82) is 0 Å². The standard InChI is InChI=1S/C13H15FO2/c1-9(2)13(15)8-16-10(3)11-4-6-12(14)7-5-11/h4-7,9H,3,8H2,1-2H3. The minimum absolute atomic E-state index is 0.00781. The molecule has 0 N–H and O–H groups in total. The Hall–Kier alpha value is -1.64. The number of halogens is 1. The Morgan fingerprint density at radius 1 is 1.38 bits per heavy atom. The Kier molecular flexibility index (Phi) is 4.23. The molecule has 1 aromatic rings. The SMILES string of the molecule is C=C(OCC(=O)C(C)C)c1ccc(F)cc1. The molecular formula is C13H15FO2. The summed E-state index contributed by atoms with van der Waals surface area (Å²) in [5.41, 5.74) is 0.679. The zero-order valence-electron chi connectivity index (χ0n) is 9.50. The number of ketones is 1. The van der Waals surface area contributed by atoms with Gasteiger partial charge in [0.1, 0.15) is 18.2 Å². The maximum absolute atomic E-state index is 12.6.